The van der Waals surface area contributed by atoms with Crippen LogP contribution in [0.5, 0.6) is 5.75 Å². The normalized spacial score (nSPS) is 13.1. The highest BCUT2D eigenvalue weighted by Gasteiger charge is 2.22. The maximum Gasteiger partial charge on any atom is 0.226 e. The molecule has 0 bridgehead atoms. The monoisotopic (exact) mass is 267 g/mol. The Bertz CT molecular complexity index is 570. The summed E-state index contributed by atoms with van der Waals surface area (Å²) < 4.78 is 5.57. The fourth-order valence-corrected chi connectivity index (χ4v) is 2.44. The van der Waals surface area contributed by atoms with E-state index in [0.29, 0.717) is 13.0 Å². The van der Waals surface area contributed by atoms with Crippen molar-refractivity contribution in [1.82, 2.24) is 4.90 Å². The lowest BCUT2D eigenvalue weighted by Gasteiger charge is -2.15. The van der Waals surface area contributed by atoms with Gasteiger partial charge in [-0.15, -0.1) is 0 Å². The van der Waals surface area contributed by atoms with Gasteiger partial charge in [-0.3, -0.25) is 4.79 Å². The van der Waals surface area contributed by atoms with Gasteiger partial charge in [0.15, 0.2) is 0 Å². The lowest BCUT2D eigenvalue weighted by molar-refractivity contribution is -0.132. The molecule has 1 aliphatic rings. The number of fused-ring (bicyclic) bond motifs is 1. The lowest BCUT2D eigenvalue weighted by Crippen LogP contribution is -2.26. The summed E-state index contributed by atoms with van der Waals surface area (Å²) in [6, 6.07) is 17.8. The molecule has 1 aliphatic heterocycles. The van der Waals surface area contributed by atoms with E-state index in [0.717, 1.165) is 18.8 Å². The molecule has 0 aromatic heterocycles. The van der Waals surface area contributed by atoms with Gasteiger partial charge in [-0.1, -0.05) is 42.5 Å². The first-order chi connectivity index (χ1) is 9.83. The smallest absolute Gasteiger partial charge is 0.226 e. The third-order valence-corrected chi connectivity index (χ3v) is 3.52. The molecule has 0 radical (unpaired) electrons. The van der Waals surface area contributed by atoms with Gasteiger partial charge in [0, 0.05) is 13.1 Å². The maximum absolute atomic E-state index is 12.1. The van der Waals surface area contributed by atoms with E-state index in [9.17, 15) is 4.79 Å². The fraction of sp³-hybridized carbons (Fsp3) is 0.235. The van der Waals surface area contributed by atoms with E-state index in [4.69, 9.17) is 4.74 Å². The third-order valence-electron chi connectivity index (χ3n) is 3.52. The largest absolute Gasteiger partial charge is 0.493 e. The molecule has 2 aromatic carbocycles. The van der Waals surface area contributed by atoms with Crippen molar-refractivity contribution in [2.24, 2.45) is 0 Å². The van der Waals surface area contributed by atoms with Gasteiger partial charge in [0.25, 0.3) is 0 Å². The molecule has 0 unspecified atom stereocenters. The average Bonchev–Trinajstić information content (AvgIpc) is 2.92. The van der Waals surface area contributed by atoms with Crippen LogP contribution in [0.3, 0.4) is 0 Å². The van der Waals surface area contributed by atoms with Crippen molar-refractivity contribution >= 4 is 5.91 Å². The highest BCUT2D eigenvalue weighted by Crippen LogP contribution is 2.22. The number of rotatable bonds is 4. The Labute approximate surface area is 118 Å². The molecule has 3 nitrogen and oxygen atoms in total. The van der Waals surface area contributed by atoms with E-state index < -0.39 is 0 Å². The van der Waals surface area contributed by atoms with Crippen LogP contribution in [0.4, 0.5) is 0 Å². The molecule has 2 aromatic rings. The Morgan fingerprint density at radius 2 is 1.55 bits per heavy atom. The van der Waals surface area contributed by atoms with E-state index in [1.54, 1.807) is 0 Å². The molecular weight excluding hydrogens is 250 g/mol. The van der Waals surface area contributed by atoms with E-state index in [-0.39, 0.29) is 5.91 Å². The van der Waals surface area contributed by atoms with Gasteiger partial charge in [0.05, 0.1) is 13.0 Å². The van der Waals surface area contributed by atoms with Crippen molar-refractivity contribution in [1.29, 1.82) is 0 Å². The second-order valence-electron chi connectivity index (χ2n) is 4.93. The van der Waals surface area contributed by atoms with Gasteiger partial charge in [0.2, 0.25) is 5.91 Å². The molecule has 0 fully saturated rings. The number of nitrogens with zero attached hydrogens (tertiary/aromatic N) is 1. The van der Waals surface area contributed by atoms with Crippen molar-refractivity contribution in [3.05, 3.63) is 65.7 Å². The van der Waals surface area contributed by atoms with Gasteiger partial charge in [-0.2, -0.15) is 0 Å². The zero-order valence-corrected chi connectivity index (χ0v) is 11.3. The lowest BCUT2D eigenvalue weighted by atomic mass is 10.1. The van der Waals surface area contributed by atoms with Crippen LogP contribution in [-0.2, 0) is 17.9 Å². The molecule has 0 aliphatic carbocycles. The summed E-state index contributed by atoms with van der Waals surface area (Å²) in [7, 11) is 0. The molecule has 102 valence electrons. The number of carbonyl (C=O) groups excluding carboxylic acids is 1. The summed E-state index contributed by atoms with van der Waals surface area (Å²) in [5.74, 6) is 0.960. The van der Waals surface area contributed by atoms with Crippen LogP contribution < -0.4 is 4.74 Å². The number of amides is 1. The SMILES string of the molecule is O=C(CCOc1ccccc1)N1Cc2ccccc2C1. The molecule has 0 N–H and O–H groups in total. The van der Waals surface area contributed by atoms with Crippen molar-refractivity contribution in [2.75, 3.05) is 6.61 Å². The van der Waals surface area contributed by atoms with Gasteiger partial charge >= 0.3 is 0 Å². The molecule has 20 heavy (non-hydrogen) atoms. The number of benzene rings is 2. The number of carbonyl (C=O) groups is 1. The quantitative estimate of drug-likeness (QED) is 0.852. The van der Waals surface area contributed by atoms with Crippen molar-refractivity contribution in [2.45, 2.75) is 19.5 Å². The van der Waals surface area contributed by atoms with Crippen LogP contribution >= 0.6 is 0 Å². The predicted molar refractivity (Wildman–Crippen MR) is 77.3 cm³/mol. The summed E-state index contributed by atoms with van der Waals surface area (Å²) in [6.45, 7) is 1.87. The zero-order chi connectivity index (χ0) is 13.8. The Hall–Kier alpha value is -2.29. The average molecular weight is 267 g/mol. The Kier molecular flexibility index (Phi) is 3.68. The molecule has 0 atom stereocenters. The van der Waals surface area contributed by atoms with Gasteiger partial charge < -0.3 is 9.64 Å². The number of hydrogen-bond donors (Lipinski definition) is 0. The Morgan fingerprint density at radius 3 is 2.20 bits per heavy atom. The Balaban J connectivity index is 1.49. The summed E-state index contributed by atoms with van der Waals surface area (Å²) in [4.78, 5) is 14.0. The van der Waals surface area contributed by atoms with Crippen molar-refractivity contribution in [3.8, 4) is 5.75 Å². The van der Waals surface area contributed by atoms with Crippen LogP contribution in [0.2, 0.25) is 0 Å². The second kappa shape index (κ2) is 5.78. The molecule has 0 spiro atoms. The predicted octanol–water partition coefficient (Wildman–Crippen LogP) is 3.00. The first-order valence-corrected chi connectivity index (χ1v) is 6.85. The maximum atomic E-state index is 12.1. The second-order valence-corrected chi connectivity index (χ2v) is 4.93. The molecule has 3 heteroatoms. The first-order valence-electron chi connectivity index (χ1n) is 6.85. The molecular formula is C17H17NO2. The molecule has 1 amide bonds. The highest BCUT2D eigenvalue weighted by molar-refractivity contribution is 5.77. The van der Waals surface area contributed by atoms with Crippen LogP contribution in [0.25, 0.3) is 0 Å². The zero-order valence-electron chi connectivity index (χ0n) is 11.3. The van der Waals surface area contributed by atoms with E-state index in [2.05, 4.69) is 12.1 Å². The summed E-state index contributed by atoms with van der Waals surface area (Å²) in [5, 5.41) is 0. The third kappa shape index (κ3) is 2.82. The number of ether oxygens (including phenoxy) is 1. The van der Waals surface area contributed by atoms with Crippen LogP contribution in [0.1, 0.15) is 17.5 Å². The van der Waals surface area contributed by atoms with Crippen LogP contribution in [-0.4, -0.2) is 17.4 Å². The first kappa shape index (κ1) is 12.7. The van der Waals surface area contributed by atoms with E-state index in [1.807, 2.05) is 47.4 Å². The molecule has 0 saturated heterocycles. The molecule has 3 rings (SSSR count). The van der Waals surface area contributed by atoms with E-state index >= 15 is 0 Å². The molecule has 1 heterocycles. The summed E-state index contributed by atoms with van der Waals surface area (Å²) in [5.41, 5.74) is 2.51. The van der Waals surface area contributed by atoms with Crippen molar-refractivity contribution < 1.29 is 9.53 Å². The highest BCUT2D eigenvalue weighted by atomic mass is 16.5. The standard InChI is InChI=1S/C17H17NO2/c19-17(10-11-20-16-8-2-1-3-9-16)18-12-14-6-4-5-7-15(14)13-18/h1-9H,10-13H2. The van der Waals surface area contributed by atoms with Gasteiger partial charge in [-0.25, -0.2) is 0 Å². The van der Waals surface area contributed by atoms with Gasteiger partial charge in [-0.05, 0) is 23.3 Å². The fourth-order valence-electron chi connectivity index (χ4n) is 2.44. The minimum Gasteiger partial charge on any atom is -0.493 e. The minimum absolute atomic E-state index is 0.150. The minimum atomic E-state index is 0.150. The number of para-hydroxylation sites is 1. The van der Waals surface area contributed by atoms with Crippen LogP contribution in [0, 0.1) is 0 Å². The van der Waals surface area contributed by atoms with Crippen molar-refractivity contribution in [3.63, 3.8) is 0 Å². The summed E-state index contributed by atoms with van der Waals surface area (Å²) >= 11 is 0. The number of hydrogen-bond acceptors (Lipinski definition) is 2. The van der Waals surface area contributed by atoms with E-state index in [1.165, 1.54) is 11.1 Å². The summed E-state index contributed by atoms with van der Waals surface area (Å²) in [6.07, 6.45) is 0.420. The van der Waals surface area contributed by atoms with Crippen LogP contribution in [0.15, 0.2) is 54.6 Å². The molecule has 0 saturated carbocycles. The Morgan fingerprint density at radius 1 is 0.950 bits per heavy atom. The topological polar surface area (TPSA) is 29.5 Å². The van der Waals surface area contributed by atoms with Gasteiger partial charge in [0.1, 0.15) is 5.75 Å².